The second-order valence-corrected chi connectivity index (χ2v) is 11.9. The minimum atomic E-state index is -3.45. The molecular weight excluding hydrogens is 496 g/mol. The summed E-state index contributed by atoms with van der Waals surface area (Å²) in [4.78, 5) is 29.1. The van der Waals surface area contributed by atoms with Crippen molar-refractivity contribution in [1.29, 1.82) is 0 Å². The molecule has 1 N–H and O–H groups in total. The van der Waals surface area contributed by atoms with Crippen LogP contribution in [0.15, 0.2) is 65.6 Å². The molecule has 7 nitrogen and oxygen atoms in total. The smallest absolute Gasteiger partial charge is 0.341 e. The van der Waals surface area contributed by atoms with Crippen molar-refractivity contribution in [3.63, 3.8) is 0 Å². The highest BCUT2D eigenvalue weighted by Gasteiger charge is 2.29. The molecule has 0 spiro atoms. The Bertz CT molecular complexity index is 1300. The first-order valence-corrected chi connectivity index (χ1v) is 14.5. The van der Waals surface area contributed by atoms with E-state index in [4.69, 9.17) is 4.74 Å². The molecule has 4 rings (SSSR count). The van der Waals surface area contributed by atoms with Crippen molar-refractivity contribution in [3.8, 4) is 0 Å². The van der Waals surface area contributed by atoms with E-state index in [9.17, 15) is 18.0 Å². The lowest BCUT2D eigenvalue weighted by molar-refractivity contribution is -0.116. The second kappa shape index (κ2) is 11.8. The zero-order valence-electron chi connectivity index (χ0n) is 20.2. The topological polar surface area (TPSA) is 92.8 Å². The van der Waals surface area contributed by atoms with Gasteiger partial charge in [0.15, 0.2) is 9.84 Å². The van der Waals surface area contributed by atoms with E-state index in [1.165, 1.54) is 16.9 Å². The van der Waals surface area contributed by atoms with E-state index in [1.54, 1.807) is 37.3 Å². The zero-order chi connectivity index (χ0) is 25.5. The Morgan fingerprint density at radius 1 is 1.06 bits per heavy atom. The summed E-state index contributed by atoms with van der Waals surface area (Å²) in [5.74, 6) is -0.873. The first-order chi connectivity index (χ1) is 17.4. The van der Waals surface area contributed by atoms with Crippen LogP contribution in [0.4, 0.5) is 5.00 Å². The summed E-state index contributed by atoms with van der Waals surface area (Å²) in [6.45, 7) is 4.30. The number of carbonyl (C=O) groups is 2. The van der Waals surface area contributed by atoms with Crippen molar-refractivity contribution in [1.82, 2.24) is 4.90 Å². The van der Waals surface area contributed by atoms with Gasteiger partial charge in [-0.15, -0.1) is 11.3 Å². The summed E-state index contributed by atoms with van der Waals surface area (Å²) in [7, 11) is -3.45. The van der Waals surface area contributed by atoms with Crippen molar-refractivity contribution in [3.05, 3.63) is 82.2 Å². The van der Waals surface area contributed by atoms with Crippen molar-refractivity contribution >= 4 is 38.1 Å². The van der Waals surface area contributed by atoms with E-state index in [-0.39, 0.29) is 36.0 Å². The molecule has 1 aliphatic heterocycles. The van der Waals surface area contributed by atoms with Gasteiger partial charge in [-0.2, -0.15) is 0 Å². The maximum Gasteiger partial charge on any atom is 0.341 e. The molecule has 0 fully saturated rings. The molecule has 2 heterocycles. The van der Waals surface area contributed by atoms with Crippen LogP contribution in [-0.4, -0.2) is 44.1 Å². The maximum atomic E-state index is 12.8. The number of esters is 1. The van der Waals surface area contributed by atoms with Crippen LogP contribution in [0.1, 0.15) is 46.1 Å². The third-order valence-corrected chi connectivity index (χ3v) is 8.99. The molecule has 0 unspecified atom stereocenters. The molecule has 36 heavy (non-hydrogen) atoms. The number of ether oxygens (including phenoxy) is 1. The largest absolute Gasteiger partial charge is 0.462 e. The van der Waals surface area contributed by atoms with Crippen LogP contribution >= 0.6 is 11.3 Å². The molecule has 0 saturated heterocycles. The third-order valence-electron chi connectivity index (χ3n) is 6.04. The first-order valence-electron chi connectivity index (χ1n) is 12.0. The number of nitrogens with one attached hydrogen (secondary N) is 1. The van der Waals surface area contributed by atoms with Gasteiger partial charge in [0.05, 0.1) is 22.8 Å². The number of nitrogens with zero attached hydrogens (tertiary/aromatic N) is 1. The lowest BCUT2D eigenvalue weighted by Gasteiger charge is -2.27. The van der Waals surface area contributed by atoms with Gasteiger partial charge in [0.1, 0.15) is 5.00 Å². The lowest BCUT2D eigenvalue weighted by atomic mass is 10.0. The SMILES string of the molecule is CCOC(=O)c1c(NC(=O)CCCS(=O)(=O)c2ccccc2)sc2c1CCN(Cc1ccccc1)C2. The van der Waals surface area contributed by atoms with Crippen molar-refractivity contribution in [2.45, 2.75) is 44.2 Å². The molecule has 0 radical (unpaired) electrons. The van der Waals surface area contributed by atoms with Crippen LogP contribution in [0, 0.1) is 0 Å². The summed E-state index contributed by atoms with van der Waals surface area (Å²) in [5, 5.41) is 3.35. The quantitative estimate of drug-likeness (QED) is 0.386. The lowest BCUT2D eigenvalue weighted by Crippen LogP contribution is -2.29. The van der Waals surface area contributed by atoms with E-state index < -0.39 is 15.8 Å². The monoisotopic (exact) mass is 526 g/mol. The van der Waals surface area contributed by atoms with E-state index in [0.29, 0.717) is 23.5 Å². The molecule has 0 aliphatic carbocycles. The van der Waals surface area contributed by atoms with Crippen LogP contribution in [0.25, 0.3) is 0 Å². The average molecular weight is 527 g/mol. The number of anilines is 1. The summed E-state index contributed by atoms with van der Waals surface area (Å²) in [6, 6.07) is 18.4. The number of hydrogen-bond acceptors (Lipinski definition) is 7. The molecular formula is C27H30N2O5S2. The number of rotatable bonds is 10. The van der Waals surface area contributed by atoms with Crippen LogP contribution < -0.4 is 5.32 Å². The molecule has 0 atom stereocenters. The van der Waals surface area contributed by atoms with Crippen LogP contribution in [0.5, 0.6) is 0 Å². The number of benzene rings is 2. The normalized spacial score (nSPS) is 13.7. The van der Waals surface area contributed by atoms with Gasteiger partial charge in [-0.1, -0.05) is 48.5 Å². The second-order valence-electron chi connectivity index (χ2n) is 8.66. The molecule has 3 aromatic rings. The van der Waals surface area contributed by atoms with E-state index >= 15 is 0 Å². The minimum Gasteiger partial charge on any atom is -0.462 e. The first kappa shape index (κ1) is 26.1. The molecule has 1 amide bonds. The van der Waals surface area contributed by atoms with Gasteiger partial charge < -0.3 is 10.1 Å². The van der Waals surface area contributed by atoms with Crippen molar-refractivity contribution in [2.75, 3.05) is 24.2 Å². The Morgan fingerprint density at radius 3 is 2.44 bits per heavy atom. The van der Waals surface area contributed by atoms with Crippen molar-refractivity contribution in [2.24, 2.45) is 0 Å². The van der Waals surface area contributed by atoms with Crippen LogP contribution in [0.3, 0.4) is 0 Å². The van der Waals surface area contributed by atoms with Gasteiger partial charge in [-0.25, -0.2) is 13.2 Å². The maximum absolute atomic E-state index is 12.8. The Kier molecular flexibility index (Phi) is 8.56. The summed E-state index contributed by atoms with van der Waals surface area (Å²) >= 11 is 1.40. The number of amides is 1. The number of hydrogen-bond donors (Lipinski definition) is 1. The Hall–Kier alpha value is -3.01. The number of thiophene rings is 1. The molecule has 2 aromatic carbocycles. The Balaban J connectivity index is 1.43. The minimum absolute atomic E-state index is 0.0387. The summed E-state index contributed by atoms with van der Waals surface area (Å²) in [6.07, 6.45) is 0.919. The van der Waals surface area contributed by atoms with Gasteiger partial charge in [-0.3, -0.25) is 9.69 Å². The summed E-state index contributed by atoms with van der Waals surface area (Å²) in [5.41, 5.74) is 2.59. The highest BCUT2D eigenvalue weighted by molar-refractivity contribution is 7.91. The predicted octanol–water partition coefficient (Wildman–Crippen LogP) is 4.68. The third kappa shape index (κ3) is 6.40. The fourth-order valence-corrected chi connectivity index (χ4v) is 6.92. The van der Waals surface area contributed by atoms with Gasteiger partial charge in [0.25, 0.3) is 0 Å². The van der Waals surface area contributed by atoms with Gasteiger partial charge in [0, 0.05) is 30.9 Å². The fourth-order valence-electron chi connectivity index (χ4n) is 4.30. The number of carbonyl (C=O) groups excluding carboxylic acids is 2. The Morgan fingerprint density at radius 2 is 1.75 bits per heavy atom. The van der Waals surface area contributed by atoms with E-state index in [1.807, 2.05) is 18.2 Å². The van der Waals surface area contributed by atoms with Crippen LogP contribution in [0.2, 0.25) is 0 Å². The highest BCUT2D eigenvalue weighted by Crippen LogP contribution is 2.38. The fraction of sp³-hybridized carbons (Fsp3) is 0.333. The van der Waals surface area contributed by atoms with Gasteiger partial charge in [-0.05, 0) is 43.0 Å². The van der Waals surface area contributed by atoms with E-state index in [2.05, 4.69) is 22.3 Å². The van der Waals surface area contributed by atoms with Crippen molar-refractivity contribution < 1.29 is 22.7 Å². The number of fused-ring (bicyclic) bond motifs is 1. The molecule has 0 saturated carbocycles. The molecule has 1 aliphatic rings. The number of sulfone groups is 1. The van der Waals surface area contributed by atoms with Gasteiger partial charge >= 0.3 is 5.97 Å². The molecule has 190 valence electrons. The summed E-state index contributed by atoms with van der Waals surface area (Å²) < 4.78 is 30.3. The van der Waals surface area contributed by atoms with Gasteiger partial charge in [0.2, 0.25) is 5.91 Å². The highest BCUT2D eigenvalue weighted by atomic mass is 32.2. The molecule has 9 heteroatoms. The standard InChI is InChI=1S/C27H30N2O5S2/c1-2-34-27(31)25-22-15-16-29(18-20-10-5-3-6-11-20)19-23(22)35-26(25)28-24(30)14-9-17-36(32,33)21-12-7-4-8-13-21/h3-8,10-13H,2,9,14-19H2,1H3,(H,28,30). The molecule has 1 aromatic heterocycles. The van der Waals surface area contributed by atoms with E-state index in [0.717, 1.165) is 23.5 Å². The zero-order valence-corrected chi connectivity index (χ0v) is 21.9. The van der Waals surface area contributed by atoms with Crippen LogP contribution in [-0.2, 0) is 38.9 Å². The molecule has 0 bridgehead atoms. The predicted molar refractivity (Wildman–Crippen MR) is 141 cm³/mol. The average Bonchev–Trinajstić information content (AvgIpc) is 3.22. The Labute approximate surface area is 216 Å².